The molecule has 6 heteroatoms. The van der Waals surface area contributed by atoms with Gasteiger partial charge in [0, 0.05) is 24.9 Å². The number of hydrogen-bond donors (Lipinski definition) is 1. The molecule has 0 spiro atoms. The number of rotatable bonds is 5. The van der Waals surface area contributed by atoms with Gasteiger partial charge in [-0.15, -0.1) is 0 Å². The summed E-state index contributed by atoms with van der Waals surface area (Å²) in [5.41, 5.74) is 7.64. The number of anilines is 2. The first-order valence-electron chi connectivity index (χ1n) is 10.1. The zero-order valence-electron chi connectivity index (χ0n) is 17.1. The molecule has 0 aliphatic carbocycles. The van der Waals surface area contributed by atoms with E-state index in [2.05, 4.69) is 70.0 Å². The fourth-order valence-electron chi connectivity index (χ4n) is 3.76. The highest BCUT2D eigenvalue weighted by atomic mass is 16.5. The molecule has 0 saturated carbocycles. The van der Waals surface area contributed by atoms with Crippen LogP contribution in [-0.2, 0) is 6.42 Å². The number of hydrogen-bond acceptors (Lipinski definition) is 6. The number of benzene rings is 1. The molecule has 0 radical (unpaired) electrons. The van der Waals surface area contributed by atoms with Gasteiger partial charge in [-0.25, -0.2) is 4.98 Å². The zero-order chi connectivity index (χ0) is 20.2. The van der Waals surface area contributed by atoms with Crippen LogP contribution in [0.2, 0.25) is 0 Å². The fourth-order valence-corrected chi connectivity index (χ4v) is 3.76. The maximum Gasteiger partial charge on any atom is 0.237 e. The quantitative estimate of drug-likeness (QED) is 0.774. The first kappa shape index (κ1) is 19.2. The number of pyridine rings is 1. The van der Waals surface area contributed by atoms with Gasteiger partial charge in [0.05, 0.1) is 29.8 Å². The van der Waals surface area contributed by atoms with E-state index in [1.54, 1.807) is 0 Å². The number of aryl methyl sites for hydroxylation is 1. The van der Waals surface area contributed by atoms with E-state index in [1.807, 2.05) is 12.4 Å². The molecule has 0 atom stereocenters. The van der Waals surface area contributed by atoms with Crippen LogP contribution >= 0.6 is 0 Å². The lowest BCUT2D eigenvalue weighted by Crippen LogP contribution is -2.33. The number of aliphatic imine (C=N–C) groups is 2. The third-order valence-electron chi connectivity index (χ3n) is 5.53. The molecule has 2 aromatic rings. The van der Waals surface area contributed by atoms with Crippen molar-refractivity contribution >= 4 is 30.0 Å². The van der Waals surface area contributed by atoms with E-state index < -0.39 is 0 Å². The molecular weight excluding hydrogens is 362 g/mol. The van der Waals surface area contributed by atoms with Crippen LogP contribution in [-0.4, -0.2) is 44.2 Å². The van der Waals surface area contributed by atoms with Crippen LogP contribution in [0.25, 0.3) is 0 Å². The van der Waals surface area contributed by atoms with Gasteiger partial charge < -0.3 is 15.0 Å². The lowest BCUT2D eigenvalue weighted by Gasteiger charge is -2.32. The van der Waals surface area contributed by atoms with Gasteiger partial charge in [0.25, 0.3) is 0 Å². The van der Waals surface area contributed by atoms with Crippen molar-refractivity contribution in [3.8, 4) is 5.88 Å². The molecule has 1 aromatic heterocycles. The maximum absolute atomic E-state index is 5.65. The van der Waals surface area contributed by atoms with Crippen molar-refractivity contribution in [3.05, 3.63) is 52.9 Å². The van der Waals surface area contributed by atoms with Gasteiger partial charge in [-0.3, -0.25) is 9.98 Å². The van der Waals surface area contributed by atoms with E-state index in [-0.39, 0.29) is 0 Å². The van der Waals surface area contributed by atoms with E-state index in [9.17, 15) is 0 Å². The van der Waals surface area contributed by atoms with Crippen LogP contribution in [0.15, 0.2) is 51.7 Å². The van der Waals surface area contributed by atoms with E-state index >= 15 is 0 Å². The Bertz CT molecular complexity index is 962. The Morgan fingerprint density at radius 1 is 1.31 bits per heavy atom. The van der Waals surface area contributed by atoms with E-state index in [0.717, 1.165) is 59.8 Å². The molecule has 0 saturated heterocycles. The summed E-state index contributed by atoms with van der Waals surface area (Å²) in [6.45, 7) is 11.1. The standard InChI is InChI=1S/C23H27N5O/c1-4-17-5-7-19(8-6-17)26-13-18-9-11-28(15-20(18)24-3)21-14-27-23-22(16(21)2)25-10-12-29-23/h5-8,13-14,25H,3-4,9-12,15H2,1-2H3. The minimum atomic E-state index is 0.652. The number of ether oxygens (including phenoxy) is 1. The largest absolute Gasteiger partial charge is 0.474 e. The van der Waals surface area contributed by atoms with Gasteiger partial charge in [0.15, 0.2) is 0 Å². The second-order valence-electron chi connectivity index (χ2n) is 7.30. The second-order valence-corrected chi connectivity index (χ2v) is 7.30. The van der Waals surface area contributed by atoms with Crippen molar-refractivity contribution in [2.75, 3.05) is 36.5 Å². The smallest absolute Gasteiger partial charge is 0.237 e. The van der Waals surface area contributed by atoms with Gasteiger partial charge in [-0.05, 0) is 49.8 Å². The lowest BCUT2D eigenvalue weighted by atomic mass is 10.0. The molecule has 0 unspecified atom stereocenters. The molecule has 1 N–H and O–H groups in total. The summed E-state index contributed by atoms with van der Waals surface area (Å²) >= 11 is 0. The van der Waals surface area contributed by atoms with Gasteiger partial charge >= 0.3 is 0 Å². The summed E-state index contributed by atoms with van der Waals surface area (Å²) in [5, 5.41) is 3.41. The van der Waals surface area contributed by atoms with E-state index in [1.165, 1.54) is 5.56 Å². The first-order chi connectivity index (χ1) is 14.2. The highest BCUT2D eigenvalue weighted by Crippen LogP contribution is 2.36. The number of nitrogens with one attached hydrogen (secondary N) is 1. The minimum absolute atomic E-state index is 0.652. The van der Waals surface area contributed by atoms with Crippen molar-refractivity contribution in [2.24, 2.45) is 9.98 Å². The highest BCUT2D eigenvalue weighted by molar-refractivity contribution is 5.83. The predicted octanol–water partition coefficient (Wildman–Crippen LogP) is 4.32. The zero-order valence-corrected chi connectivity index (χ0v) is 17.1. The minimum Gasteiger partial charge on any atom is -0.474 e. The molecule has 6 nitrogen and oxygen atoms in total. The topological polar surface area (TPSA) is 62.1 Å². The number of aromatic nitrogens is 1. The first-order valence-corrected chi connectivity index (χ1v) is 10.1. The van der Waals surface area contributed by atoms with Crippen LogP contribution in [0.5, 0.6) is 5.88 Å². The third kappa shape index (κ3) is 4.01. The van der Waals surface area contributed by atoms with Gasteiger partial charge in [-0.1, -0.05) is 19.1 Å². The normalized spacial score (nSPS) is 16.4. The molecule has 150 valence electrons. The van der Waals surface area contributed by atoms with E-state index in [0.29, 0.717) is 19.0 Å². The van der Waals surface area contributed by atoms with Gasteiger partial charge in [-0.2, -0.15) is 0 Å². The Hall–Kier alpha value is -3.15. The summed E-state index contributed by atoms with van der Waals surface area (Å²) in [6, 6.07) is 8.37. The van der Waals surface area contributed by atoms with Crippen LogP contribution in [0.1, 0.15) is 24.5 Å². The van der Waals surface area contributed by atoms with Crippen molar-refractivity contribution in [3.63, 3.8) is 0 Å². The summed E-state index contributed by atoms with van der Waals surface area (Å²) in [5.74, 6) is 0.689. The highest BCUT2D eigenvalue weighted by Gasteiger charge is 2.23. The Kier molecular flexibility index (Phi) is 5.60. The third-order valence-corrected chi connectivity index (χ3v) is 5.53. The summed E-state index contributed by atoms with van der Waals surface area (Å²) in [7, 11) is 0. The number of fused-ring (bicyclic) bond motifs is 1. The van der Waals surface area contributed by atoms with Gasteiger partial charge in [0.2, 0.25) is 5.88 Å². The molecule has 1 aromatic carbocycles. The molecule has 3 heterocycles. The lowest BCUT2D eigenvalue weighted by molar-refractivity contribution is 0.310. The number of nitrogens with zero attached hydrogens (tertiary/aromatic N) is 4. The maximum atomic E-state index is 5.65. The van der Waals surface area contributed by atoms with Crippen LogP contribution < -0.4 is 15.0 Å². The Morgan fingerprint density at radius 3 is 2.90 bits per heavy atom. The molecule has 2 aliphatic rings. The van der Waals surface area contributed by atoms with Crippen molar-refractivity contribution in [2.45, 2.75) is 26.7 Å². The Morgan fingerprint density at radius 2 is 2.14 bits per heavy atom. The Balaban J connectivity index is 1.54. The van der Waals surface area contributed by atoms with Crippen LogP contribution in [0.3, 0.4) is 0 Å². The molecule has 0 fully saturated rings. The van der Waals surface area contributed by atoms with Gasteiger partial charge in [0.1, 0.15) is 12.3 Å². The van der Waals surface area contributed by atoms with E-state index in [4.69, 9.17) is 4.74 Å². The monoisotopic (exact) mass is 389 g/mol. The van der Waals surface area contributed by atoms with Crippen molar-refractivity contribution < 1.29 is 4.74 Å². The predicted molar refractivity (Wildman–Crippen MR) is 120 cm³/mol. The Labute approximate surface area is 172 Å². The summed E-state index contributed by atoms with van der Waals surface area (Å²) in [4.78, 5) is 15.7. The molecule has 2 aliphatic heterocycles. The average molecular weight is 390 g/mol. The fraction of sp³-hybridized carbons (Fsp3) is 0.348. The summed E-state index contributed by atoms with van der Waals surface area (Å²) < 4.78 is 5.65. The summed E-state index contributed by atoms with van der Waals surface area (Å²) in [6.07, 6.45) is 5.74. The molecular formula is C23H27N5O. The second kappa shape index (κ2) is 8.47. The molecule has 0 amide bonds. The van der Waals surface area contributed by atoms with Crippen molar-refractivity contribution in [1.82, 2.24) is 4.98 Å². The SMILES string of the molecule is C=NC1=C(C=Nc2ccc(CC)cc2)CCN(c2cnc3c(c2C)NCCO3)C1. The van der Waals surface area contributed by atoms with Crippen molar-refractivity contribution in [1.29, 1.82) is 0 Å². The molecule has 29 heavy (non-hydrogen) atoms. The molecule has 0 bridgehead atoms. The molecule has 4 rings (SSSR count). The van der Waals surface area contributed by atoms with Crippen LogP contribution in [0.4, 0.5) is 17.1 Å². The average Bonchev–Trinajstić information content (AvgIpc) is 2.78. The van der Waals surface area contributed by atoms with Crippen LogP contribution in [0, 0.1) is 6.92 Å².